The minimum Gasteiger partial charge on any atom is -0.460 e. The zero-order valence-corrected chi connectivity index (χ0v) is 16.3. The maximum absolute atomic E-state index is 13.2. The van der Waals surface area contributed by atoms with E-state index < -0.39 is 0 Å². The van der Waals surface area contributed by atoms with Gasteiger partial charge in [0.2, 0.25) is 0 Å². The highest BCUT2D eigenvalue weighted by atomic mass is 16.5. The summed E-state index contributed by atoms with van der Waals surface area (Å²) in [5.74, 6) is -0.617. The third-order valence-corrected chi connectivity index (χ3v) is 6.13. The van der Waals surface area contributed by atoms with Gasteiger partial charge in [-0.25, -0.2) is 4.98 Å². The van der Waals surface area contributed by atoms with E-state index in [9.17, 15) is 9.59 Å². The lowest BCUT2D eigenvalue weighted by Crippen LogP contribution is -2.32. The standard InChI is InChI=1S/C23H22N2O3/c1-4-13-16-8-12(3)6-7-19(16)24-21-17(13)10-25-20(21)9-15-14(5-2)23(27)28-11-18(15)22(25)26/h6-9,14H,4-5,10-11H2,1-3H3. The van der Waals surface area contributed by atoms with Gasteiger partial charge in [-0.15, -0.1) is 0 Å². The molecule has 1 aromatic carbocycles. The van der Waals surface area contributed by atoms with Crippen molar-refractivity contribution in [3.05, 3.63) is 62.4 Å². The van der Waals surface area contributed by atoms with Crippen molar-refractivity contribution in [1.82, 2.24) is 9.55 Å². The fourth-order valence-electron chi connectivity index (χ4n) is 4.70. The second-order valence-electron chi connectivity index (χ2n) is 7.71. The molecule has 28 heavy (non-hydrogen) atoms. The molecule has 0 fully saturated rings. The van der Waals surface area contributed by atoms with Crippen molar-refractivity contribution in [2.24, 2.45) is 0 Å². The summed E-state index contributed by atoms with van der Waals surface area (Å²) in [7, 11) is 0. The lowest BCUT2D eigenvalue weighted by atomic mass is 9.90. The van der Waals surface area contributed by atoms with Crippen LogP contribution in [0.4, 0.5) is 0 Å². The predicted octanol–water partition coefficient (Wildman–Crippen LogP) is 3.85. The lowest BCUT2D eigenvalue weighted by Gasteiger charge is -2.24. The number of aryl methyl sites for hydroxylation is 2. The van der Waals surface area contributed by atoms with Gasteiger partial charge in [-0.1, -0.05) is 25.5 Å². The summed E-state index contributed by atoms with van der Waals surface area (Å²) in [6.07, 6.45) is 1.50. The quantitative estimate of drug-likeness (QED) is 0.500. The van der Waals surface area contributed by atoms with Crippen LogP contribution < -0.4 is 5.56 Å². The van der Waals surface area contributed by atoms with Crippen LogP contribution >= 0.6 is 0 Å². The number of fused-ring (bicyclic) bond motifs is 5. The van der Waals surface area contributed by atoms with Crippen molar-refractivity contribution in [3.63, 3.8) is 0 Å². The van der Waals surface area contributed by atoms with E-state index in [2.05, 4.69) is 32.0 Å². The molecular formula is C23H22N2O3. The van der Waals surface area contributed by atoms with E-state index in [1.165, 1.54) is 11.1 Å². The topological polar surface area (TPSA) is 61.2 Å². The zero-order chi connectivity index (χ0) is 19.6. The second kappa shape index (κ2) is 6.03. The Balaban J connectivity index is 1.82. The number of nitrogens with zero attached hydrogens (tertiary/aromatic N) is 2. The Kier molecular flexibility index (Phi) is 3.69. The molecule has 0 aliphatic carbocycles. The SMILES string of the molecule is CCc1c2c(nc3ccc(C)cc13)-c1cc3c(c(=O)n1C2)COC(=O)C3CC. The van der Waals surface area contributed by atoms with Crippen LogP contribution in [0, 0.1) is 6.92 Å². The first-order valence-corrected chi connectivity index (χ1v) is 9.89. The normalized spacial score (nSPS) is 17.2. The number of carbonyl (C=O) groups is 1. The van der Waals surface area contributed by atoms with Crippen molar-refractivity contribution < 1.29 is 9.53 Å². The van der Waals surface area contributed by atoms with Gasteiger partial charge in [0.15, 0.2) is 0 Å². The Morgan fingerprint density at radius 3 is 2.75 bits per heavy atom. The van der Waals surface area contributed by atoms with E-state index in [4.69, 9.17) is 9.72 Å². The third kappa shape index (κ3) is 2.22. The summed E-state index contributed by atoms with van der Waals surface area (Å²) in [5, 5.41) is 1.16. The second-order valence-corrected chi connectivity index (χ2v) is 7.71. The molecule has 142 valence electrons. The van der Waals surface area contributed by atoms with Crippen LogP contribution in [0.5, 0.6) is 0 Å². The number of ether oxygens (including phenoxy) is 1. The van der Waals surface area contributed by atoms with Gasteiger partial charge in [-0.2, -0.15) is 0 Å². The fourth-order valence-corrected chi connectivity index (χ4v) is 4.70. The van der Waals surface area contributed by atoms with Gasteiger partial charge in [0, 0.05) is 10.9 Å². The average molecular weight is 374 g/mol. The maximum Gasteiger partial charge on any atom is 0.313 e. The molecule has 0 radical (unpaired) electrons. The predicted molar refractivity (Wildman–Crippen MR) is 107 cm³/mol. The molecule has 0 saturated heterocycles. The van der Waals surface area contributed by atoms with Crippen molar-refractivity contribution in [2.45, 2.75) is 52.7 Å². The molecule has 0 N–H and O–H groups in total. The molecule has 0 amide bonds. The molecule has 5 heteroatoms. The van der Waals surface area contributed by atoms with Gasteiger partial charge in [0.25, 0.3) is 5.56 Å². The minimum atomic E-state index is -0.375. The Bertz CT molecular complexity index is 1220. The van der Waals surface area contributed by atoms with Gasteiger partial charge < -0.3 is 9.30 Å². The number of aromatic nitrogens is 2. The zero-order valence-electron chi connectivity index (χ0n) is 16.3. The van der Waals surface area contributed by atoms with E-state index in [1.807, 2.05) is 13.0 Å². The molecular weight excluding hydrogens is 352 g/mol. The first-order valence-electron chi connectivity index (χ1n) is 9.89. The smallest absolute Gasteiger partial charge is 0.313 e. The van der Waals surface area contributed by atoms with Gasteiger partial charge >= 0.3 is 5.97 Å². The Hall–Kier alpha value is -2.95. The fraction of sp³-hybridized carbons (Fsp3) is 0.348. The van der Waals surface area contributed by atoms with Crippen LogP contribution in [0.25, 0.3) is 22.3 Å². The first kappa shape index (κ1) is 17.2. The Morgan fingerprint density at radius 2 is 2.00 bits per heavy atom. The minimum absolute atomic E-state index is 0.0567. The van der Waals surface area contributed by atoms with E-state index in [0.717, 1.165) is 39.8 Å². The molecule has 0 spiro atoms. The lowest BCUT2D eigenvalue weighted by molar-refractivity contribution is -0.148. The molecule has 1 unspecified atom stereocenters. The molecule has 0 bridgehead atoms. The van der Waals surface area contributed by atoms with Crippen LogP contribution in [0.2, 0.25) is 0 Å². The molecule has 0 saturated carbocycles. The van der Waals surface area contributed by atoms with E-state index in [-0.39, 0.29) is 24.1 Å². The highest BCUT2D eigenvalue weighted by Gasteiger charge is 2.34. The van der Waals surface area contributed by atoms with E-state index in [1.54, 1.807) is 4.57 Å². The summed E-state index contributed by atoms with van der Waals surface area (Å²) in [6, 6.07) is 8.30. The van der Waals surface area contributed by atoms with Crippen molar-refractivity contribution >= 4 is 16.9 Å². The van der Waals surface area contributed by atoms with Crippen LogP contribution in [0.1, 0.15) is 54.0 Å². The molecule has 3 aromatic rings. The number of hydrogen-bond acceptors (Lipinski definition) is 4. The summed E-state index contributed by atoms with van der Waals surface area (Å²) in [6.45, 7) is 6.77. The van der Waals surface area contributed by atoms with Gasteiger partial charge in [-0.3, -0.25) is 9.59 Å². The van der Waals surface area contributed by atoms with Crippen LogP contribution in [-0.4, -0.2) is 15.5 Å². The van der Waals surface area contributed by atoms with Crippen molar-refractivity contribution in [2.75, 3.05) is 0 Å². The highest BCUT2D eigenvalue weighted by Crippen LogP contribution is 2.39. The van der Waals surface area contributed by atoms with Crippen LogP contribution in [-0.2, 0) is 29.1 Å². The number of rotatable bonds is 2. The highest BCUT2D eigenvalue weighted by molar-refractivity contribution is 5.89. The molecule has 2 aromatic heterocycles. The first-order chi connectivity index (χ1) is 13.5. The summed E-state index contributed by atoms with van der Waals surface area (Å²) < 4.78 is 7.08. The van der Waals surface area contributed by atoms with E-state index in [0.29, 0.717) is 18.5 Å². The molecule has 5 nitrogen and oxygen atoms in total. The van der Waals surface area contributed by atoms with Gasteiger partial charge in [0.1, 0.15) is 6.61 Å². The average Bonchev–Trinajstić information content (AvgIpc) is 3.05. The monoisotopic (exact) mass is 374 g/mol. The Labute approximate surface area is 163 Å². The molecule has 1 atom stereocenters. The summed E-state index contributed by atoms with van der Waals surface area (Å²) in [4.78, 5) is 30.4. The summed E-state index contributed by atoms with van der Waals surface area (Å²) >= 11 is 0. The maximum atomic E-state index is 13.2. The number of pyridine rings is 2. The number of hydrogen-bond donors (Lipinski definition) is 0. The summed E-state index contributed by atoms with van der Waals surface area (Å²) in [5.41, 5.74) is 7.60. The number of benzene rings is 1. The largest absolute Gasteiger partial charge is 0.460 e. The van der Waals surface area contributed by atoms with Crippen LogP contribution in [0.15, 0.2) is 29.1 Å². The molecule has 4 heterocycles. The number of esters is 1. The van der Waals surface area contributed by atoms with E-state index >= 15 is 0 Å². The van der Waals surface area contributed by atoms with Gasteiger partial charge in [0.05, 0.1) is 34.9 Å². The number of carbonyl (C=O) groups excluding carboxylic acids is 1. The van der Waals surface area contributed by atoms with Crippen molar-refractivity contribution in [1.29, 1.82) is 0 Å². The molecule has 2 aliphatic rings. The van der Waals surface area contributed by atoms with Crippen molar-refractivity contribution in [3.8, 4) is 11.4 Å². The molecule has 2 aliphatic heterocycles. The van der Waals surface area contributed by atoms with Crippen LogP contribution in [0.3, 0.4) is 0 Å². The molecule has 5 rings (SSSR count). The third-order valence-electron chi connectivity index (χ3n) is 6.13. The Morgan fingerprint density at radius 1 is 1.18 bits per heavy atom. The number of cyclic esters (lactones) is 1. The van der Waals surface area contributed by atoms with Gasteiger partial charge in [-0.05, 0) is 49.1 Å².